The molecule has 0 unspecified atom stereocenters. The van der Waals surface area contributed by atoms with Gasteiger partial charge in [0, 0.05) is 47.1 Å². The van der Waals surface area contributed by atoms with Crippen LogP contribution in [0.5, 0.6) is 5.75 Å². The first-order chi connectivity index (χ1) is 17.5. The summed E-state index contributed by atoms with van der Waals surface area (Å²) in [4.78, 5) is 21.2. The molecule has 0 amide bonds. The topological polar surface area (TPSA) is 119 Å². The Kier molecular flexibility index (Phi) is 5.06. The van der Waals surface area contributed by atoms with Crippen molar-refractivity contribution in [3.8, 4) is 16.9 Å². The van der Waals surface area contributed by atoms with Crippen molar-refractivity contribution < 1.29 is 19.0 Å². The smallest absolute Gasteiger partial charge is 0.354 e. The highest BCUT2D eigenvalue weighted by Gasteiger charge is 2.23. The summed E-state index contributed by atoms with van der Waals surface area (Å²) in [5.74, 6) is -0.177. The molecule has 0 bridgehead atoms. The summed E-state index contributed by atoms with van der Waals surface area (Å²) in [6, 6.07) is 6.79. The normalized spacial score (nSPS) is 12.8. The van der Waals surface area contributed by atoms with Gasteiger partial charge in [-0.15, -0.1) is 10.2 Å². The molecule has 0 spiro atoms. The zero-order valence-corrected chi connectivity index (χ0v) is 19.6. The van der Waals surface area contributed by atoms with Gasteiger partial charge < -0.3 is 15.2 Å². The molecule has 4 aromatic heterocycles. The van der Waals surface area contributed by atoms with Crippen molar-refractivity contribution in [3.63, 3.8) is 0 Å². The highest BCUT2D eigenvalue weighted by atomic mass is 19.1. The third kappa shape index (κ3) is 3.27. The summed E-state index contributed by atoms with van der Waals surface area (Å²) in [5, 5.41) is 21.4. The van der Waals surface area contributed by atoms with Crippen LogP contribution in [0.15, 0.2) is 36.8 Å². The zero-order valence-electron chi connectivity index (χ0n) is 19.6. The van der Waals surface area contributed by atoms with Crippen LogP contribution in [0, 0.1) is 12.7 Å². The highest BCUT2D eigenvalue weighted by Crippen LogP contribution is 2.32. The molecule has 11 heteroatoms. The molecule has 0 atom stereocenters. The van der Waals surface area contributed by atoms with Crippen LogP contribution in [0.4, 0.5) is 10.3 Å². The van der Waals surface area contributed by atoms with Gasteiger partial charge in [0.1, 0.15) is 23.5 Å². The molecular formula is C25H22FN7O3. The maximum atomic E-state index is 14.6. The van der Waals surface area contributed by atoms with Crippen molar-refractivity contribution in [1.29, 1.82) is 0 Å². The number of ether oxygens (including phenoxy) is 1. The number of benzene rings is 1. The first kappa shape index (κ1) is 22.0. The Morgan fingerprint density at radius 2 is 2.08 bits per heavy atom. The lowest BCUT2D eigenvalue weighted by atomic mass is 10.0. The molecule has 1 aliphatic rings. The van der Waals surface area contributed by atoms with Crippen LogP contribution in [0.3, 0.4) is 0 Å². The lowest BCUT2D eigenvalue weighted by Gasteiger charge is -2.13. The maximum Gasteiger partial charge on any atom is 0.354 e. The van der Waals surface area contributed by atoms with E-state index < -0.39 is 5.97 Å². The summed E-state index contributed by atoms with van der Waals surface area (Å²) < 4.78 is 23.5. The Hall–Kier alpha value is -4.54. The number of nitrogens with one attached hydrogen (secondary N) is 1. The number of aromatic nitrogens is 6. The van der Waals surface area contributed by atoms with Crippen LogP contribution in [-0.2, 0) is 19.4 Å². The number of carboxylic acids is 1. The molecule has 0 radical (unpaired) electrons. The second-order valence-electron chi connectivity index (χ2n) is 8.59. The van der Waals surface area contributed by atoms with E-state index in [0.717, 1.165) is 11.3 Å². The van der Waals surface area contributed by atoms with E-state index >= 15 is 0 Å². The summed E-state index contributed by atoms with van der Waals surface area (Å²) in [5.41, 5.74) is 5.17. The fraction of sp³-hybridized carbons (Fsp3) is 0.240. The van der Waals surface area contributed by atoms with E-state index in [-0.39, 0.29) is 18.1 Å². The fourth-order valence-corrected chi connectivity index (χ4v) is 4.83. The summed E-state index contributed by atoms with van der Waals surface area (Å²) >= 11 is 0. The first-order valence-electron chi connectivity index (χ1n) is 11.6. The molecule has 0 fully saturated rings. The van der Waals surface area contributed by atoms with Gasteiger partial charge in [-0.25, -0.2) is 19.2 Å². The van der Waals surface area contributed by atoms with Crippen molar-refractivity contribution in [3.05, 3.63) is 70.8 Å². The number of hydrogen-bond acceptors (Lipinski definition) is 7. The lowest BCUT2D eigenvalue weighted by molar-refractivity contribution is 0.0688. The molecule has 0 saturated carbocycles. The van der Waals surface area contributed by atoms with E-state index in [4.69, 9.17) is 4.74 Å². The maximum absolute atomic E-state index is 14.6. The lowest BCUT2D eigenvalue weighted by Crippen LogP contribution is -2.10. The number of imidazole rings is 1. The van der Waals surface area contributed by atoms with Crippen molar-refractivity contribution in [1.82, 2.24) is 29.0 Å². The van der Waals surface area contributed by atoms with Crippen LogP contribution < -0.4 is 10.1 Å². The fourth-order valence-electron chi connectivity index (χ4n) is 4.83. The van der Waals surface area contributed by atoms with Gasteiger partial charge in [0.05, 0.1) is 12.3 Å². The number of halogens is 1. The Labute approximate surface area is 204 Å². The van der Waals surface area contributed by atoms with Gasteiger partial charge >= 0.3 is 5.97 Å². The molecule has 2 N–H and O–H groups in total. The number of rotatable bonds is 6. The number of anilines is 1. The molecule has 5 aromatic rings. The first-order valence-corrected chi connectivity index (χ1v) is 11.6. The van der Waals surface area contributed by atoms with Crippen LogP contribution in [-0.4, -0.2) is 46.6 Å². The van der Waals surface area contributed by atoms with E-state index in [1.807, 2.05) is 26.0 Å². The van der Waals surface area contributed by atoms with Crippen molar-refractivity contribution in [2.24, 2.45) is 0 Å². The Morgan fingerprint density at radius 3 is 2.89 bits per heavy atom. The zero-order chi connectivity index (χ0) is 25.0. The molecular weight excluding hydrogens is 465 g/mol. The second kappa shape index (κ2) is 8.29. The molecule has 182 valence electrons. The van der Waals surface area contributed by atoms with Crippen molar-refractivity contribution in [2.45, 2.75) is 33.2 Å². The molecule has 1 aliphatic heterocycles. The van der Waals surface area contributed by atoms with Gasteiger partial charge in [-0.1, -0.05) is 6.92 Å². The van der Waals surface area contributed by atoms with Crippen molar-refractivity contribution in [2.75, 3.05) is 11.9 Å². The highest BCUT2D eigenvalue weighted by molar-refractivity contribution is 5.92. The summed E-state index contributed by atoms with van der Waals surface area (Å²) in [7, 11) is 0. The standard InChI is InChI=1S/C25H22FN7O3/c1-3-19-21(24(34)35)33-13(2)4-5-15(22(33)30-19)17-11-28-25(32-12-29-31-23(17)32)27-10-16-14-8-9-36-20(14)7-6-18(16)26/h4-7,11-12H,3,8-10H2,1-2H3,(H,27,28)(H,34,35). The molecule has 5 heterocycles. The van der Waals surface area contributed by atoms with Crippen LogP contribution in [0.25, 0.3) is 22.4 Å². The molecule has 0 aliphatic carbocycles. The van der Waals surface area contributed by atoms with Gasteiger partial charge in [0.2, 0.25) is 5.95 Å². The van der Waals surface area contributed by atoms with Gasteiger partial charge in [0.15, 0.2) is 11.3 Å². The quantitative estimate of drug-likeness (QED) is 0.372. The number of aryl methyl sites for hydroxylation is 2. The predicted molar refractivity (Wildman–Crippen MR) is 129 cm³/mol. The monoisotopic (exact) mass is 487 g/mol. The Bertz CT molecular complexity index is 1670. The minimum atomic E-state index is -1.03. The third-order valence-corrected chi connectivity index (χ3v) is 6.56. The number of aromatic carboxylic acids is 1. The number of carbonyl (C=O) groups is 1. The molecule has 10 nitrogen and oxygen atoms in total. The molecule has 36 heavy (non-hydrogen) atoms. The molecule has 6 rings (SSSR count). The van der Waals surface area contributed by atoms with E-state index in [0.29, 0.717) is 64.8 Å². The average Bonchev–Trinajstić information content (AvgIpc) is 3.61. The third-order valence-electron chi connectivity index (χ3n) is 6.56. The minimum Gasteiger partial charge on any atom is -0.493 e. The van der Waals surface area contributed by atoms with Crippen LogP contribution in [0.2, 0.25) is 0 Å². The average molecular weight is 487 g/mol. The van der Waals surface area contributed by atoms with Crippen molar-refractivity contribution >= 4 is 23.2 Å². The SMILES string of the molecule is CCc1nc2c(-c3cnc(NCc4c(F)ccc5c4CCO5)n4cnnc34)ccc(C)n2c1C(=O)O. The van der Waals surface area contributed by atoms with E-state index in [2.05, 4.69) is 25.5 Å². The van der Waals surface area contributed by atoms with Gasteiger partial charge in [-0.2, -0.15) is 0 Å². The second-order valence-corrected chi connectivity index (χ2v) is 8.59. The van der Waals surface area contributed by atoms with Crippen LogP contribution in [0.1, 0.15) is 39.9 Å². The van der Waals surface area contributed by atoms with Gasteiger partial charge in [-0.3, -0.25) is 8.80 Å². The largest absolute Gasteiger partial charge is 0.493 e. The Balaban J connectivity index is 1.43. The molecule has 0 saturated heterocycles. The van der Waals surface area contributed by atoms with E-state index in [1.165, 1.54) is 12.4 Å². The number of fused-ring (bicyclic) bond motifs is 3. The van der Waals surface area contributed by atoms with E-state index in [1.54, 1.807) is 21.1 Å². The predicted octanol–water partition coefficient (Wildman–Crippen LogP) is 3.69. The summed E-state index contributed by atoms with van der Waals surface area (Å²) in [6.07, 6.45) is 4.31. The number of nitrogens with zero attached hydrogens (tertiary/aromatic N) is 6. The number of pyridine rings is 1. The Morgan fingerprint density at radius 1 is 1.22 bits per heavy atom. The van der Waals surface area contributed by atoms with Gasteiger partial charge in [-0.05, 0) is 37.6 Å². The number of carboxylic acid groups (broad SMARTS) is 1. The number of hydrogen-bond donors (Lipinski definition) is 2. The summed E-state index contributed by atoms with van der Waals surface area (Å²) in [6.45, 7) is 4.47. The molecule has 1 aromatic carbocycles. The van der Waals surface area contributed by atoms with Gasteiger partial charge in [0.25, 0.3) is 0 Å². The van der Waals surface area contributed by atoms with Crippen LogP contribution >= 0.6 is 0 Å². The minimum absolute atomic E-state index is 0.150. The van der Waals surface area contributed by atoms with E-state index in [9.17, 15) is 14.3 Å².